The third-order valence-corrected chi connectivity index (χ3v) is 4.77. The molecule has 0 fully saturated rings. The number of benzene rings is 1. The number of nitriles is 1. The Kier molecular flexibility index (Phi) is 6.80. The maximum Gasteiger partial charge on any atom is 0.265 e. The smallest absolute Gasteiger partial charge is 0.265 e. The van der Waals surface area contributed by atoms with Crippen molar-refractivity contribution in [3.8, 4) is 11.8 Å². The van der Waals surface area contributed by atoms with E-state index in [0.717, 1.165) is 16.8 Å². The van der Waals surface area contributed by atoms with Crippen molar-refractivity contribution in [3.05, 3.63) is 53.9 Å². The number of aryl methyl sites for hydroxylation is 1. The average Bonchev–Trinajstić information content (AvgIpc) is 2.73. The van der Waals surface area contributed by atoms with Crippen LogP contribution in [-0.4, -0.2) is 41.4 Å². The van der Waals surface area contributed by atoms with Crippen LogP contribution < -0.4 is 9.64 Å². The Hall–Kier alpha value is -3.40. The van der Waals surface area contributed by atoms with Crippen molar-refractivity contribution < 1.29 is 14.3 Å². The lowest BCUT2D eigenvalue weighted by molar-refractivity contribution is -0.132. The fraction of sp³-hybridized carbons (Fsp3) is 0.364. The molecule has 0 N–H and O–H groups in total. The van der Waals surface area contributed by atoms with Crippen LogP contribution in [0.15, 0.2) is 42.7 Å². The van der Waals surface area contributed by atoms with Crippen LogP contribution in [0.4, 0.5) is 5.69 Å². The quantitative estimate of drug-likeness (QED) is 0.689. The van der Waals surface area contributed by atoms with Gasteiger partial charge in [0.15, 0.2) is 6.61 Å². The first-order valence-electron chi connectivity index (χ1n) is 9.66. The van der Waals surface area contributed by atoms with Gasteiger partial charge in [-0.05, 0) is 42.7 Å². The molecule has 0 radical (unpaired) electrons. The van der Waals surface area contributed by atoms with Crippen LogP contribution in [0.5, 0.6) is 5.75 Å². The van der Waals surface area contributed by atoms with Gasteiger partial charge in [-0.3, -0.25) is 14.6 Å². The van der Waals surface area contributed by atoms with Crippen LogP contribution >= 0.6 is 0 Å². The van der Waals surface area contributed by atoms with Crippen molar-refractivity contribution in [1.82, 2.24) is 9.88 Å². The Bertz CT molecular complexity index is 908. The molecule has 2 heterocycles. The molecular weight excluding hydrogens is 368 g/mol. The molecule has 0 bridgehead atoms. The Balaban J connectivity index is 1.61. The Labute approximate surface area is 170 Å². The number of aromatic nitrogens is 1. The van der Waals surface area contributed by atoms with Crippen molar-refractivity contribution in [2.24, 2.45) is 0 Å². The molecule has 2 amide bonds. The zero-order valence-electron chi connectivity index (χ0n) is 16.5. The average molecular weight is 392 g/mol. The summed E-state index contributed by atoms with van der Waals surface area (Å²) in [7, 11) is 0. The van der Waals surface area contributed by atoms with Gasteiger partial charge in [-0.1, -0.05) is 12.1 Å². The molecule has 0 saturated carbocycles. The summed E-state index contributed by atoms with van der Waals surface area (Å²) in [6.07, 6.45) is 4.52. The van der Waals surface area contributed by atoms with E-state index in [1.807, 2.05) is 37.3 Å². The molecule has 7 heteroatoms. The van der Waals surface area contributed by atoms with E-state index in [9.17, 15) is 9.59 Å². The van der Waals surface area contributed by atoms with Crippen LogP contribution in [0, 0.1) is 18.3 Å². The molecular formula is C22H24N4O3. The second-order valence-electron chi connectivity index (χ2n) is 6.99. The van der Waals surface area contributed by atoms with Crippen LogP contribution in [0.25, 0.3) is 0 Å². The van der Waals surface area contributed by atoms with Gasteiger partial charge >= 0.3 is 0 Å². The molecule has 29 heavy (non-hydrogen) atoms. The Morgan fingerprint density at radius 1 is 1.38 bits per heavy atom. The van der Waals surface area contributed by atoms with E-state index in [1.165, 1.54) is 0 Å². The summed E-state index contributed by atoms with van der Waals surface area (Å²) in [6.45, 7) is 3.23. The van der Waals surface area contributed by atoms with Gasteiger partial charge < -0.3 is 14.5 Å². The lowest BCUT2D eigenvalue weighted by Crippen LogP contribution is -2.40. The minimum Gasteiger partial charge on any atom is -0.482 e. The van der Waals surface area contributed by atoms with Gasteiger partial charge in [0.05, 0.1) is 18.2 Å². The van der Waals surface area contributed by atoms with Crippen LogP contribution in [0.3, 0.4) is 0 Å². The monoisotopic (exact) mass is 392 g/mol. The second-order valence-corrected chi connectivity index (χ2v) is 6.99. The molecule has 0 atom stereocenters. The summed E-state index contributed by atoms with van der Waals surface area (Å²) < 4.78 is 5.49. The molecule has 0 unspecified atom stereocenters. The molecule has 0 spiro atoms. The number of ether oxygens (including phenoxy) is 1. The third kappa shape index (κ3) is 5.32. The number of carbonyl (C=O) groups is 2. The molecule has 1 aliphatic heterocycles. The Morgan fingerprint density at radius 3 is 3.00 bits per heavy atom. The predicted molar refractivity (Wildman–Crippen MR) is 108 cm³/mol. The van der Waals surface area contributed by atoms with Gasteiger partial charge in [-0.15, -0.1) is 0 Å². The van der Waals surface area contributed by atoms with E-state index in [0.29, 0.717) is 38.2 Å². The van der Waals surface area contributed by atoms with E-state index < -0.39 is 0 Å². The first-order chi connectivity index (χ1) is 14.1. The number of hydrogen-bond acceptors (Lipinski definition) is 5. The van der Waals surface area contributed by atoms with Gasteiger partial charge in [0, 0.05) is 38.4 Å². The highest BCUT2D eigenvalue weighted by atomic mass is 16.5. The first kappa shape index (κ1) is 20.3. The maximum absolute atomic E-state index is 12.7. The predicted octanol–water partition coefficient (Wildman–Crippen LogP) is 2.84. The lowest BCUT2D eigenvalue weighted by Gasteiger charge is -2.30. The summed E-state index contributed by atoms with van der Waals surface area (Å²) in [4.78, 5) is 32.5. The van der Waals surface area contributed by atoms with Crippen LogP contribution in [-0.2, 0) is 16.1 Å². The fourth-order valence-corrected chi connectivity index (χ4v) is 3.29. The number of hydrogen-bond donors (Lipinski definition) is 0. The molecule has 0 saturated heterocycles. The van der Waals surface area contributed by atoms with Gasteiger partial charge in [0.1, 0.15) is 5.75 Å². The Morgan fingerprint density at radius 2 is 2.24 bits per heavy atom. The maximum atomic E-state index is 12.7. The van der Waals surface area contributed by atoms with E-state index in [-0.39, 0.29) is 24.8 Å². The van der Waals surface area contributed by atoms with Gasteiger partial charge in [-0.25, -0.2) is 0 Å². The molecule has 150 valence electrons. The van der Waals surface area contributed by atoms with Crippen molar-refractivity contribution in [3.63, 3.8) is 0 Å². The summed E-state index contributed by atoms with van der Waals surface area (Å²) in [6, 6.07) is 11.6. The zero-order chi connectivity index (χ0) is 20.6. The number of amides is 2. The highest BCUT2D eigenvalue weighted by Crippen LogP contribution is 2.33. The van der Waals surface area contributed by atoms with E-state index in [2.05, 4.69) is 11.1 Å². The van der Waals surface area contributed by atoms with Crippen molar-refractivity contribution >= 4 is 17.5 Å². The SMILES string of the molecule is Cc1ccc2c(c1)N(CCCC(=O)N(CCC#N)Cc1cccnc1)C(=O)CO2. The topological polar surface area (TPSA) is 86.5 Å². The largest absolute Gasteiger partial charge is 0.482 e. The molecule has 2 aromatic rings. The van der Waals surface area contributed by atoms with Crippen molar-refractivity contribution in [2.45, 2.75) is 32.7 Å². The summed E-state index contributed by atoms with van der Waals surface area (Å²) >= 11 is 0. The van der Waals surface area contributed by atoms with Gasteiger partial charge in [0.25, 0.3) is 5.91 Å². The number of rotatable bonds is 8. The summed E-state index contributed by atoms with van der Waals surface area (Å²) in [5.41, 5.74) is 2.72. The number of nitrogens with zero attached hydrogens (tertiary/aromatic N) is 4. The summed E-state index contributed by atoms with van der Waals surface area (Å²) in [5, 5.41) is 8.90. The van der Waals surface area contributed by atoms with E-state index in [1.54, 1.807) is 22.2 Å². The molecule has 0 aliphatic carbocycles. The summed E-state index contributed by atoms with van der Waals surface area (Å²) in [5.74, 6) is 0.551. The van der Waals surface area contributed by atoms with Gasteiger partial charge in [0.2, 0.25) is 5.91 Å². The third-order valence-electron chi connectivity index (χ3n) is 4.77. The number of pyridine rings is 1. The minimum absolute atomic E-state index is 0.0132. The van der Waals surface area contributed by atoms with E-state index >= 15 is 0 Å². The normalized spacial score (nSPS) is 12.7. The zero-order valence-corrected chi connectivity index (χ0v) is 16.5. The van der Waals surface area contributed by atoms with Crippen LogP contribution in [0.1, 0.15) is 30.4 Å². The van der Waals surface area contributed by atoms with E-state index in [4.69, 9.17) is 10.00 Å². The minimum atomic E-state index is -0.104. The number of fused-ring (bicyclic) bond motifs is 1. The standard InChI is InChI=1S/C22H24N4O3/c1-17-7-8-20-19(13-17)26(22(28)16-29-20)12-3-6-21(27)25(11-4-9-23)15-18-5-2-10-24-14-18/h2,5,7-8,10,13-14H,3-4,6,11-12,15-16H2,1H3. The molecule has 7 nitrogen and oxygen atoms in total. The number of carbonyl (C=O) groups excluding carboxylic acids is 2. The van der Waals surface area contributed by atoms with Crippen LogP contribution in [0.2, 0.25) is 0 Å². The molecule has 1 aromatic carbocycles. The highest BCUT2D eigenvalue weighted by molar-refractivity contribution is 5.98. The second kappa shape index (κ2) is 9.69. The number of anilines is 1. The van der Waals surface area contributed by atoms with Crippen molar-refractivity contribution in [1.29, 1.82) is 5.26 Å². The van der Waals surface area contributed by atoms with Gasteiger partial charge in [-0.2, -0.15) is 5.26 Å². The van der Waals surface area contributed by atoms with Crippen molar-refractivity contribution in [2.75, 3.05) is 24.6 Å². The highest BCUT2D eigenvalue weighted by Gasteiger charge is 2.25. The molecule has 1 aromatic heterocycles. The molecule has 1 aliphatic rings. The first-order valence-corrected chi connectivity index (χ1v) is 9.66. The molecule has 3 rings (SSSR count). The fourth-order valence-electron chi connectivity index (χ4n) is 3.29. The lowest BCUT2D eigenvalue weighted by atomic mass is 10.1.